The SMILES string of the molecule is O=C(Nc1[nH]c(=O)c(Cl)nc1C(=O)O)OCC1c2ccccc2-c2ccccc21. The fourth-order valence-electron chi connectivity index (χ4n) is 3.41. The minimum atomic E-state index is -1.46. The van der Waals surface area contributed by atoms with Crippen LogP contribution >= 0.6 is 11.6 Å². The number of carbonyl (C=O) groups is 2. The van der Waals surface area contributed by atoms with Crippen molar-refractivity contribution in [1.82, 2.24) is 9.97 Å². The molecule has 3 aromatic rings. The zero-order chi connectivity index (χ0) is 20.5. The summed E-state index contributed by atoms with van der Waals surface area (Å²) < 4.78 is 5.32. The molecule has 2 aromatic carbocycles. The number of rotatable bonds is 4. The molecule has 0 aliphatic heterocycles. The summed E-state index contributed by atoms with van der Waals surface area (Å²) in [5, 5.41) is 10.9. The second-order valence-corrected chi connectivity index (χ2v) is 6.69. The number of carboxylic acid groups (broad SMARTS) is 1. The third kappa shape index (κ3) is 3.45. The molecule has 4 rings (SSSR count). The van der Waals surface area contributed by atoms with Gasteiger partial charge < -0.3 is 14.8 Å². The number of carbonyl (C=O) groups excluding carboxylic acids is 1. The van der Waals surface area contributed by atoms with E-state index in [0.717, 1.165) is 22.3 Å². The van der Waals surface area contributed by atoms with Gasteiger partial charge in [-0.2, -0.15) is 0 Å². The number of anilines is 1. The number of H-pyrrole nitrogens is 1. The molecule has 29 heavy (non-hydrogen) atoms. The molecule has 0 bridgehead atoms. The Morgan fingerprint density at radius 3 is 2.28 bits per heavy atom. The van der Waals surface area contributed by atoms with E-state index in [1.807, 2.05) is 48.5 Å². The van der Waals surface area contributed by atoms with Crippen LogP contribution in [0.15, 0.2) is 53.3 Å². The molecule has 0 atom stereocenters. The Morgan fingerprint density at radius 2 is 1.69 bits per heavy atom. The fourth-order valence-corrected chi connectivity index (χ4v) is 3.54. The number of hydrogen-bond acceptors (Lipinski definition) is 5. The van der Waals surface area contributed by atoms with Gasteiger partial charge in [-0.25, -0.2) is 14.6 Å². The Balaban J connectivity index is 1.54. The van der Waals surface area contributed by atoms with Crippen molar-refractivity contribution in [2.24, 2.45) is 0 Å². The first-order valence-electron chi connectivity index (χ1n) is 8.61. The first-order chi connectivity index (χ1) is 14.0. The average Bonchev–Trinajstić information content (AvgIpc) is 3.03. The van der Waals surface area contributed by atoms with E-state index in [4.69, 9.17) is 16.3 Å². The van der Waals surface area contributed by atoms with Crippen molar-refractivity contribution in [3.8, 4) is 11.1 Å². The van der Waals surface area contributed by atoms with Crippen molar-refractivity contribution in [2.75, 3.05) is 11.9 Å². The molecule has 3 N–H and O–H groups in total. The largest absolute Gasteiger partial charge is 0.476 e. The summed E-state index contributed by atoms with van der Waals surface area (Å²) in [6.07, 6.45) is -0.922. The summed E-state index contributed by atoms with van der Waals surface area (Å²) in [5.41, 5.74) is 2.81. The Kier molecular flexibility index (Phi) is 4.77. The topological polar surface area (TPSA) is 121 Å². The van der Waals surface area contributed by atoms with Gasteiger partial charge in [0.05, 0.1) is 0 Å². The fraction of sp³-hybridized carbons (Fsp3) is 0.100. The summed E-state index contributed by atoms with van der Waals surface area (Å²) in [7, 11) is 0. The van der Waals surface area contributed by atoms with E-state index in [1.54, 1.807) is 0 Å². The summed E-state index contributed by atoms with van der Waals surface area (Å²) in [6, 6.07) is 15.7. The lowest BCUT2D eigenvalue weighted by Gasteiger charge is -2.15. The summed E-state index contributed by atoms with van der Waals surface area (Å²) >= 11 is 5.55. The van der Waals surface area contributed by atoms with Crippen molar-refractivity contribution in [3.63, 3.8) is 0 Å². The van der Waals surface area contributed by atoms with E-state index >= 15 is 0 Å². The molecular weight excluding hydrogens is 398 g/mol. The van der Waals surface area contributed by atoms with Crippen LogP contribution in [-0.4, -0.2) is 33.7 Å². The molecule has 0 saturated carbocycles. The van der Waals surface area contributed by atoms with Gasteiger partial charge in [0.15, 0.2) is 10.8 Å². The molecule has 0 radical (unpaired) electrons. The van der Waals surface area contributed by atoms with Gasteiger partial charge in [0, 0.05) is 5.92 Å². The molecule has 9 heteroatoms. The number of carboxylic acids is 1. The highest BCUT2D eigenvalue weighted by atomic mass is 35.5. The van der Waals surface area contributed by atoms with Crippen LogP contribution in [0.3, 0.4) is 0 Å². The van der Waals surface area contributed by atoms with Crippen molar-refractivity contribution >= 4 is 29.5 Å². The van der Waals surface area contributed by atoms with E-state index in [9.17, 15) is 19.5 Å². The normalized spacial score (nSPS) is 12.2. The standard InChI is InChI=1S/C20H14ClN3O5/c21-16-18(25)23-17(15(22-16)19(26)27)24-20(28)29-9-14-12-7-3-1-5-10(12)11-6-2-4-8-13(11)14/h1-8,14H,9H2,(H,26,27)(H2,23,24,25,28). The van der Waals surface area contributed by atoms with Gasteiger partial charge >= 0.3 is 12.1 Å². The highest BCUT2D eigenvalue weighted by Crippen LogP contribution is 2.44. The Hall–Kier alpha value is -3.65. The van der Waals surface area contributed by atoms with E-state index in [-0.39, 0.29) is 12.5 Å². The smallest absolute Gasteiger partial charge is 0.412 e. The van der Waals surface area contributed by atoms with Gasteiger partial charge in [0.2, 0.25) is 0 Å². The van der Waals surface area contributed by atoms with Gasteiger partial charge in [-0.1, -0.05) is 60.1 Å². The maximum absolute atomic E-state index is 12.3. The molecular formula is C20H14ClN3O5. The molecule has 1 aromatic heterocycles. The van der Waals surface area contributed by atoms with E-state index < -0.39 is 34.3 Å². The number of benzene rings is 2. The van der Waals surface area contributed by atoms with Crippen LogP contribution in [0, 0.1) is 0 Å². The van der Waals surface area contributed by atoms with E-state index in [0.29, 0.717) is 0 Å². The van der Waals surface area contributed by atoms with Crippen LogP contribution in [0.1, 0.15) is 27.5 Å². The molecule has 0 saturated heterocycles. The lowest BCUT2D eigenvalue weighted by atomic mass is 9.98. The molecule has 0 spiro atoms. The third-order valence-electron chi connectivity index (χ3n) is 4.65. The molecule has 1 amide bonds. The number of aromatic nitrogens is 2. The molecule has 8 nitrogen and oxygen atoms in total. The number of fused-ring (bicyclic) bond motifs is 3. The predicted octanol–water partition coefficient (Wildman–Crippen LogP) is 3.48. The number of ether oxygens (including phenoxy) is 1. The van der Waals surface area contributed by atoms with Crippen molar-refractivity contribution < 1.29 is 19.4 Å². The Morgan fingerprint density at radius 1 is 1.10 bits per heavy atom. The van der Waals surface area contributed by atoms with Crippen LogP contribution in [0.2, 0.25) is 5.15 Å². The highest BCUT2D eigenvalue weighted by Gasteiger charge is 2.29. The van der Waals surface area contributed by atoms with Gasteiger partial charge in [-0.15, -0.1) is 0 Å². The molecule has 0 fully saturated rings. The third-order valence-corrected chi connectivity index (χ3v) is 4.90. The van der Waals surface area contributed by atoms with Crippen LogP contribution < -0.4 is 10.9 Å². The number of amides is 1. The number of nitrogens with zero attached hydrogens (tertiary/aromatic N) is 1. The second kappa shape index (κ2) is 7.40. The zero-order valence-electron chi connectivity index (χ0n) is 14.8. The Bertz CT molecular complexity index is 1150. The minimum absolute atomic E-state index is 0.0352. The summed E-state index contributed by atoms with van der Waals surface area (Å²) in [6.45, 7) is 0.0352. The number of aromatic carboxylic acids is 1. The summed E-state index contributed by atoms with van der Waals surface area (Å²) in [4.78, 5) is 40.8. The first-order valence-corrected chi connectivity index (χ1v) is 8.98. The predicted molar refractivity (Wildman–Crippen MR) is 106 cm³/mol. The summed E-state index contributed by atoms with van der Waals surface area (Å²) in [5.74, 6) is -2.02. The van der Waals surface area contributed by atoms with Crippen LogP contribution in [0.4, 0.5) is 10.6 Å². The molecule has 1 heterocycles. The van der Waals surface area contributed by atoms with Gasteiger partial charge in [0.25, 0.3) is 5.56 Å². The van der Waals surface area contributed by atoms with Crippen molar-refractivity contribution in [3.05, 3.63) is 80.9 Å². The monoisotopic (exact) mass is 411 g/mol. The second-order valence-electron chi connectivity index (χ2n) is 6.34. The van der Waals surface area contributed by atoms with Gasteiger partial charge in [0.1, 0.15) is 12.4 Å². The van der Waals surface area contributed by atoms with Gasteiger partial charge in [-0.05, 0) is 22.3 Å². The average molecular weight is 412 g/mol. The lowest BCUT2D eigenvalue weighted by molar-refractivity contribution is 0.0691. The number of halogens is 1. The van der Waals surface area contributed by atoms with E-state index in [2.05, 4.69) is 15.3 Å². The van der Waals surface area contributed by atoms with Crippen molar-refractivity contribution in [1.29, 1.82) is 0 Å². The maximum Gasteiger partial charge on any atom is 0.412 e. The minimum Gasteiger partial charge on any atom is -0.476 e. The lowest BCUT2D eigenvalue weighted by Crippen LogP contribution is -2.24. The molecule has 1 aliphatic rings. The Labute approximate surface area is 169 Å². The molecule has 0 unspecified atom stereocenters. The molecule has 146 valence electrons. The maximum atomic E-state index is 12.3. The number of hydrogen-bond donors (Lipinski definition) is 3. The van der Waals surface area contributed by atoms with Crippen LogP contribution in [-0.2, 0) is 4.74 Å². The van der Waals surface area contributed by atoms with Crippen LogP contribution in [0.5, 0.6) is 0 Å². The van der Waals surface area contributed by atoms with Crippen LogP contribution in [0.25, 0.3) is 11.1 Å². The number of nitrogens with one attached hydrogen (secondary N) is 2. The number of aromatic amines is 1. The first kappa shape index (κ1) is 18.7. The zero-order valence-corrected chi connectivity index (χ0v) is 15.6. The molecule has 1 aliphatic carbocycles. The highest BCUT2D eigenvalue weighted by molar-refractivity contribution is 6.29. The van der Waals surface area contributed by atoms with Gasteiger partial charge in [-0.3, -0.25) is 10.1 Å². The van der Waals surface area contributed by atoms with E-state index in [1.165, 1.54) is 0 Å². The quantitative estimate of drug-likeness (QED) is 0.604. The van der Waals surface area contributed by atoms with Crippen molar-refractivity contribution in [2.45, 2.75) is 5.92 Å².